The lowest BCUT2D eigenvalue weighted by Gasteiger charge is -2.32. The molecule has 4 N–H and O–H groups in total. The number of hydrogen-bond acceptors (Lipinski definition) is 5. The van der Waals surface area contributed by atoms with E-state index in [0.29, 0.717) is 17.2 Å². The van der Waals surface area contributed by atoms with Gasteiger partial charge in [0.1, 0.15) is 11.8 Å². The molecule has 2 atom stereocenters. The maximum Gasteiger partial charge on any atom is 0.241 e. The van der Waals surface area contributed by atoms with Gasteiger partial charge in [-0.2, -0.15) is 0 Å². The van der Waals surface area contributed by atoms with Crippen molar-refractivity contribution in [1.29, 1.82) is 0 Å². The Morgan fingerprint density at radius 3 is 2.58 bits per heavy atom. The Morgan fingerprint density at radius 2 is 1.88 bits per heavy atom. The fourth-order valence-electron chi connectivity index (χ4n) is 2.52. The minimum atomic E-state index is -0.435. The van der Waals surface area contributed by atoms with E-state index >= 15 is 0 Å². The molecule has 0 aromatic heterocycles. The Hall–Kier alpha value is -2.28. The van der Waals surface area contributed by atoms with E-state index in [1.54, 1.807) is 7.11 Å². The lowest BCUT2D eigenvalue weighted by molar-refractivity contribution is -0.126. The van der Waals surface area contributed by atoms with Crippen LogP contribution in [0.2, 0.25) is 5.02 Å². The van der Waals surface area contributed by atoms with Gasteiger partial charge in [0.2, 0.25) is 5.91 Å². The number of halogens is 1. The summed E-state index contributed by atoms with van der Waals surface area (Å²) in [5, 5.41) is 6.75. The highest BCUT2D eigenvalue weighted by Crippen LogP contribution is 2.23. The van der Waals surface area contributed by atoms with Crippen LogP contribution in [-0.4, -0.2) is 25.3 Å². The van der Waals surface area contributed by atoms with Crippen LogP contribution in [0.4, 0.5) is 5.69 Å². The number of hydrogen-bond donors (Lipinski definition) is 4. The minimum Gasteiger partial charge on any atom is -0.495 e. The van der Waals surface area contributed by atoms with Crippen LogP contribution >= 0.6 is 11.6 Å². The van der Waals surface area contributed by atoms with Gasteiger partial charge in [-0.15, -0.1) is 0 Å². The Bertz CT molecular complexity index is 708. The van der Waals surface area contributed by atoms with Gasteiger partial charge < -0.3 is 15.4 Å². The van der Waals surface area contributed by atoms with Crippen molar-refractivity contribution < 1.29 is 9.53 Å². The summed E-state index contributed by atoms with van der Waals surface area (Å²) in [6, 6.07) is 14.6. The van der Waals surface area contributed by atoms with Gasteiger partial charge in [-0.1, -0.05) is 35.9 Å². The van der Waals surface area contributed by atoms with Crippen LogP contribution in [0.15, 0.2) is 48.5 Å². The molecule has 1 aliphatic heterocycles. The molecule has 126 valence electrons. The molecular formula is C17H19ClN4O2. The van der Waals surface area contributed by atoms with Crippen molar-refractivity contribution >= 4 is 23.2 Å². The summed E-state index contributed by atoms with van der Waals surface area (Å²) in [7, 11) is 1.60. The van der Waals surface area contributed by atoms with Gasteiger partial charge in [0, 0.05) is 5.02 Å². The van der Waals surface area contributed by atoms with Crippen LogP contribution in [0.25, 0.3) is 0 Å². The van der Waals surface area contributed by atoms with Gasteiger partial charge in [0.05, 0.1) is 12.8 Å². The van der Waals surface area contributed by atoms with Crippen LogP contribution in [-0.2, 0) is 11.2 Å². The molecule has 24 heavy (non-hydrogen) atoms. The first-order valence-electron chi connectivity index (χ1n) is 7.61. The number of ether oxygens (including phenoxy) is 1. The summed E-state index contributed by atoms with van der Waals surface area (Å²) in [6.45, 7) is 0. The van der Waals surface area contributed by atoms with E-state index in [2.05, 4.69) is 21.5 Å². The number of benzene rings is 2. The molecule has 6 nitrogen and oxygen atoms in total. The van der Waals surface area contributed by atoms with E-state index in [1.165, 1.54) is 0 Å². The second kappa shape index (κ2) is 7.53. The molecule has 0 bridgehead atoms. The summed E-state index contributed by atoms with van der Waals surface area (Å²) in [4.78, 5) is 12.3. The third-order valence-corrected chi connectivity index (χ3v) is 4.02. The molecule has 1 heterocycles. The van der Waals surface area contributed by atoms with Gasteiger partial charge in [-0.25, -0.2) is 10.9 Å². The number of carbonyl (C=O) groups excluding carboxylic acids is 1. The first-order chi connectivity index (χ1) is 11.7. The third-order valence-electron chi connectivity index (χ3n) is 3.76. The zero-order chi connectivity index (χ0) is 16.9. The molecule has 1 amide bonds. The van der Waals surface area contributed by atoms with Crippen LogP contribution < -0.4 is 26.2 Å². The maximum atomic E-state index is 12.3. The molecule has 3 rings (SSSR count). The zero-order valence-electron chi connectivity index (χ0n) is 13.2. The van der Waals surface area contributed by atoms with Gasteiger partial charge >= 0.3 is 0 Å². The Kier molecular flexibility index (Phi) is 5.20. The van der Waals surface area contributed by atoms with E-state index < -0.39 is 6.29 Å². The molecule has 0 radical (unpaired) electrons. The number of amides is 1. The number of carbonyl (C=O) groups is 1. The van der Waals surface area contributed by atoms with Gasteiger partial charge in [0.15, 0.2) is 6.29 Å². The number of nitrogens with one attached hydrogen (secondary N) is 4. The molecule has 1 aliphatic rings. The summed E-state index contributed by atoms with van der Waals surface area (Å²) >= 11 is 5.88. The smallest absolute Gasteiger partial charge is 0.241 e. The maximum absolute atomic E-state index is 12.3. The number of para-hydroxylation sites is 2. The van der Waals surface area contributed by atoms with Crippen molar-refractivity contribution in [1.82, 2.24) is 16.2 Å². The number of rotatable bonds is 5. The molecule has 2 unspecified atom stereocenters. The first kappa shape index (κ1) is 16.6. The summed E-state index contributed by atoms with van der Waals surface area (Å²) in [5.74, 6) is 0.618. The van der Waals surface area contributed by atoms with Gasteiger partial charge in [-0.3, -0.25) is 4.79 Å². The highest BCUT2D eigenvalue weighted by Gasteiger charge is 2.27. The predicted octanol–water partition coefficient (Wildman–Crippen LogP) is 1.88. The molecule has 2 aromatic carbocycles. The second-order valence-electron chi connectivity index (χ2n) is 5.46. The topological polar surface area (TPSA) is 74.4 Å². The molecule has 2 aromatic rings. The van der Waals surface area contributed by atoms with E-state index in [9.17, 15) is 4.79 Å². The summed E-state index contributed by atoms with van der Waals surface area (Å²) < 4.78 is 5.29. The number of anilines is 1. The first-order valence-corrected chi connectivity index (χ1v) is 7.99. The molecule has 0 aliphatic carbocycles. The average Bonchev–Trinajstić information content (AvgIpc) is 2.60. The van der Waals surface area contributed by atoms with Gasteiger partial charge in [-0.05, 0) is 36.2 Å². The predicted molar refractivity (Wildman–Crippen MR) is 93.8 cm³/mol. The SMILES string of the molecule is COc1ccccc1NC1NNC(Cc2ccc(Cl)cc2)C(=O)N1. The number of methoxy groups -OCH3 is 1. The van der Waals surface area contributed by atoms with Crippen molar-refractivity contribution in [2.75, 3.05) is 12.4 Å². The van der Waals surface area contributed by atoms with E-state index in [-0.39, 0.29) is 11.9 Å². The largest absolute Gasteiger partial charge is 0.495 e. The summed E-state index contributed by atoms with van der Waals surface area (Å²) in [6.07, 6.45) is 0.132. The molecular weight excluding hydrogens is 328 g/mol. The van der Waals surface area contributed by atoms with Crippen LogP contribution in [0, 0.1) is 0 Å². The highest BCUT2D eigenvalue weighted by atomic mass is 35.5. The molecule has 1 fully saturated rings. The van der Waals surface area contributed by atoms with Crippen molar-refractivity contribution in [3.8, 4) is 5.75 Å². The summed E-state index contributed by atoms with van der Waals surface area (Å²) in [5.41, 5.74) is 7.92. The van der Waals surface area contributed by atoms with Crippen LogP contribution in [0.3, 0.4) is 0 Å². The lowest BCUT2D eigenvalue weighted by atomic mass is 10.1. The van der Waals surface area contributed by atoms with Crippen molar-refractivity contribution in [2.24, 2.45) is 0 Å². The fourth-order valence-corrected chi connectivity index (χ4v) is 2.65. The normalized spacial score (nSPS) is 20.3. The van der Waals surface area contributed by atoms with Gasteiger partial charge in [0.25, 0.3) is 0 Å². The average molecular weight is 347 g/mol. The third kappa shape index (κ3) is 3.97. The molecule has 0 saturated carbocycles. The standard InChI is InChI=1S/C17H19ClN4O2/c1-24-15-5-3-2-4-13(15)19-17-20-16(23)14(21-22-17)10-11-6-8-12(18)9-7-11/h2-9,14,17,19,21-22H,10H2,1H3,(H,20,23). The zero-order valence-corrected chi connectivity index (χ0v) is 13.9. The molecule has 0 spiro atoms. The van der Waals surface area contributed by atoms with Crippen molar-refractivity contribution in [2.45, 2.75) is 18.8 Å². The second-order valence-corrected chi connectivity index (χ2v) is 5.89. The van der Waals surface area contributed by atoms with Crippen LogP contribution in [0.5, 0.6) is 5.75 Å². The van der Waals surface area contributed by atoms with Crippen molar-refractivity contribution in [3.63, 3.8) is 0 Å². The monoisotopic (exact) mass is 346 g/mol. The van der Waals surface area contributed by atoms with E-state index in [4.69, 9.17) is 16.3 Å². The number of hydrazine groups is 1. The Labute approximate surface area is 145 Å². The van der Waals surface area contributed by atoms with Crippen LogP contribution in [0.1, 0.15) is 5.56 Å². The lowest BCUT2D eigenvalue weighted by Crippen LogP contribution is -2.68. The quantitative estimate of drug-likeness (QED) is 0.665. The highest BCUT2D eigenvalue weighted by molar-refractivity contribution is 6.30. The van der Waals surface area contributed by atoms with Crippen molar-refractivity contribution in [3.05, 3.63) is 59.1 Å². The Balaban J connectivity index is 1.59. The fraction of sp³-hybridized carbons (Fsp3) is 0.235. The van der Waals surface area contributed by atoms with E-state index in [1.807, 2.05) is 48.5 Å². The van der Waals surface area contributed by atoms with E-state index in [0.717, 1.165) is 11.3 Å². The molecule has 1 saturated heterocycles. The minimum absolute atomic E-state index is 0.0869. The Morgan fingerprint density at radius 1 is 1.12 bits per heavy atom. The molecule has 7 heteroatoms.